The van der Waals surface area contributed by atoms with Crippen molar-refractivity contribution in [2.24, 2.45) is 10.8 Å². The molecule has 1 atom stereocenters. The Morgan fingerprint density at radius 3 is 1.95 bits per heavy atom. The molecule has 0 spiro atoms. The predicted molar refractivity (Wildman–Crippen MR) is 85.2 cm³/mol. The molecule has 0 radical (unpaired) electrons. The lowest BCUT2D eigenvalue weighted by atomic mass is 9.78. The first-order chi connectivity index (χ1) is 9.09. The first-order valence-corrected chi connectivity index (χ1v) is 7.40. The molecule has 20 heavy (non-hydrogen) atoms. The van der Waals surface area contributed by atoms with Gasteiger partial charge in [-0.05, 0) is 34.4 Å². The molecule has 0 saturated heterocycles. The fourth-order valence-electron chi connectivity index (χ4n) is 1.81. The van der Waals surface area contributed by atoms with Crippen LogP contribution >= 0.6 is 0 Å². The summed E-state index contributed by atoms with van der Waals surface area (Å²) in [5.41, 5.74) is 1.80. The van der Waals surface area contributed by atoms with Crippen LogP contribution in [0.2, 0.25) is 0 Å². The fourth-order valence-corrected chi connectivity index (χ4v) is 1.81. The molecule has 0 fully saturated rings. The largest absolute Gasteiger partial charge is 0.468 e. The Morgan fingerprint density at radius 2 is 1.50 bits per heavy atom. The van der Waals surface area contributed by atoms with Gasteiger partial charge in [0.2, 0.25) is 0 Å². The molecule has 2 nitrogen and oxygen atoms in total. The van der Waals surface area contributed by atoms with Gasteiger partial charge in [0.25, 0.3) is 0 Å². The zero-order valence-electron chi connectivity index (χ0n) is 14.1. The first-order valence-electron chi connectivity index (χ1n) is 7.40. The molecule has 1 unspecified atom stereocenters. The lowest BCUT2D eigenvalue weighted by molar-refractivity contribution is -0.0175. The van der Waals surface area contributed by atoms with Crippen LogP contribution in [0.25, 0.3) is 0 Å². The molecule has 0 saturated carbocycles. The van der Waals surface area contributed by atoms with E-state index < -0.39 is 0 Å². The molecule has 0 N–H and O–H groups in total. The van der Waals surface area contributed by atoms with Gasteiger partial charge in [-0.3, -0.25) is 0 Å². The Bertz CT molecular complexity index is 393. The molecule has 0 aromatic heterocycles. The van der Waals surface area contributed by atoms with E-state index in [2.05, 4.69) is 60.6 Å². The van der Waals surface area contributed by atoms with Crippen LogP contribution in [0.15, 0.2) is 24.3 Å². The SMILES string of the molecule is CC(c1ccc(OCOCC(C)(C)C)cc1)C(C)(C)C. The van der Waals surface area contributed by atoms with Gasteiger partial charge in [0.15, 0.2) is 6.79 Å². The second kappa shape index (κ2) is 6.62. The minimum absolute atomic E-state index is 0.176. The van der Waals surface area contributed by atoms with E-state index in [-0.39, 0.29) is 10.8 Å². The summed E-state index contributed by atoms with van der Waals surface area (Å²) in [5, 5.41) is 0. The zero-order valence-corrected chi connectivity index (χ0v) is 14.1. The topological polar surface area (TPSA) is 18.5 Å². The average molecular weight is 278 g/mol. The van der Waals surface area contributed by atoms with Gasteiger partial charge < -0.3 is 9.47 Å². The first kappa shape index (κ1) is 17.0. The number of benzene rings is 1. The normalized spacial score (nSPS) is 14.2. The summed E-state index contributed by atoms with van der Waals surface area (Å²) in [6.07, 6.45) is 0. The van der Waals surface area contributed by atoms with Gasteiger partial charge in [-0.2, -0.15) is 0 Å². The Kier molecular flexibility index (Phi) is 5.64. The van der Waals surface area contributed by atoms with Gasteiger partial charge in [-0.15, -0.1) is 0 Å². The van der Waals surface area contributed by atoms with E-state index in [4.69, 9.17) is 9.47 Å². The van der Waals surface area contributed by atoms with E-state index in [0.29, 0.717) is 19.3 Å². The number of hydrogen-bond donors (Lipinski definition) is 0. The summed E-state index contributed by atoms with van der Waals surface area (Å²) in [7, 11) is 0. The van der Waals surface area contributed by atoms with E-state index in [0.717, 1.165) is 5.75 Å². The standard InChI is InChI=1S/C18H30O2/c1-14(18(5,6)7)15-8-10-16(11-9-15)20-13-19-12-17(2,3)4/h8-11,14H,12-13H2,1-7H3. The third kappa shape index (κ3) is 5.96. The second-order valence-corrected chi connectivity index (χ2v) is 7.83. The van der Waals surface area contributed by atoms with E-state index in [1.54, 1.807) is 0 Å². The molecule has 2 heteroatoms. The summed E-state index contributed by atoms with van der Waals surface area (Å²) >= 11 is 0. The van der Waals surface area contributed by atoms with Crippen molar-refractivity contribution in [3.05, 3.63) is 29.8 Å². The molecule has 0 heterocycles. The van der Waals surface area contributed by atoms with Crippen LogP contribution in [0.3, 0.4) is 0 Å². The summed E-state index contributed by atoms with van der Waals surface area (Å²) in [6, 6.07) is 8.35. The highest BCUT2D eigenvalue weighted by Crippen LogP contribution is 2.34. The quantitative estimate of drug-likeness (QED) is 0.542. The van der Waals surface area contributed by atoms with Crippen molar-refractivity contribution in [2.75, 3.05) is 13.4 Å². The Hall–Kier alpha value is -1.02. The Labute approximate surface area is 124 Å². The lowest BCUT2D eigenvalue weighted by Gasteiger charge is -2.27. The smallest absolute Gasteiger partial charge is 0.189 e. The summed E-state index contributed by atoms with van der Waals surface area (Å²) in [5.74, 6) is 1.39. The van der Waals surface area contributed by atoms with E-state index in [9.17, 15) is 0 Å². The molecule has 0 aliphatic heterocycles. The van der Waals surface area contributed by atoms with Gasteiger partial charge in [0, 0.05) is 0 Å². The maximum Gasteiger partial charge on any atom is 0.189 e. The Balaban J connectivity index is 2.47. The second-order valence-electron chi connectivity index (χ2n) is 7.83. The van der Waals surface area contributed by atoms with Crippen LogP contribution in [0, 0.1) is 10.8 Å². The molecule has 1 aromatic rings. The van der Waals surface area contributed by atoms with Gasteiger partial charge in [-0.25, -0.2) is 0 Å². The van der Waals surface area contributed by atoms with Crippen molar-refractivity contribution in [1.29, 1.82) is 0 Å². The molecule has 1 aromatic carbocycles. The molecule has 114 valence electrons. The van der Waals surface area contributed by atoms with Gasteiger partial charge >= 0.3 is 0 Å². The molecule has 0 bridgehead atoms. The lowest BCUT2D eigenvalue weighted by Crippen LogP contribution is -2.17. The molecular weight excluding hydrogens is 248 g/mol. The maximum atomic E-state index is 5.60. The molecule has 0 aliphatic carbocycles. The fraction of sp³-hybridized carbons (Fsp3) is 0.667. The van der Waals surface area contributed by atoms with Crippen LogP contribution in [-0.2, 0) is 4.74 Å². The Morgan fingerprint density at radius 1 is 0.950 bits per heavy atom. The van der Waals surface area contributed by atoms with Crippen molar-refractivity contribution < 1.29 is 9.47 Å². The summed E-state index contributed by atoms with van der Waals surface area (Å²) in [4.78, 5) is 0. The van der Waals surface area contributed by atoms with Gasteiger partial charge in [-0.1, -0.05) is 60.6 Å². The monoisotopic (exact) mass is 278 g/mol. The zero-order chi connectivity index (χ0) is 15.4. The number of rotatable bonds is 5. The van der Waals surface area contributed by atoms with Crippen LogP contribution in [0.5, 0.6) is 5.75 Å². The highest BCUT2D eigenvalue weighted by molar-refractivity contribution is 5.29. The third-order valence-corrected chi connectivity index (χ3v) is 3.52. The maximum absolute atomic E-state index is 5.60. The minimum Gasteiger partial charge on any atom is -0.468 e. The predicted octanol–water partition coefficient (Wildman–Crippen LogP) is 5.24. The number of ether oxygens (including phenoxy) is 2. The minimum atomic E-state index is 0.176. The average Bonchev–Trinajstić information content (AvgIpc) is 2.32. The number of hydrogen-bond acceptors (Lipinski definition) is 2. The van der Waals surface area contributed by atoms with Crippen molar-refractivity contribution >= 4 is 0 Å². The third-order valence-electron chi connectivity index (χ3n) is 3.52. The van der Waals surface area contributed by atoms with E-state index in [1.807, 2.05) is 12.1 Å². The highest BCUT2D eigenvalue weighted by atomic mass is 16.7. The molecule has 0 amide bonds. The van der Waals surface area contributed by atoms with E-state index >= 15 is 0 Å². The molecule has 1 rings (SSSR count). The molecule has 0 aliphatic rings. The van der Waals surface area contributed by atoms with Crippen molar-refractivity contribution in [3.63, 3.8) is 0 Å². The van der Waals surface area contributed by atoms with Crippen LogP contribution in [0.4, 0.5) is 0 Å². The highest BCUT2D eigenvalue weighted by Gasteiger charge is 2.21. The van der Waals surface area contributed by atoms with Crippen LogP contribution < -0.4 is 4.74 Å². The van der Waals surface area contributed by atoms with Crippen molar-refractivity contribution in [2.45, 2.75) is 54.4 Å². The van der Waals surface area contributed by atoms with Crippen molar-refractivity contribution in [3.8, 4) is 5.75 Å². The van der Waals surface area contributed by atoms with E-state index in [1.165, 1.54) is 5.56 Å². The van der Waals surface area contributed by atoms with Gasteiger partial charge in [0.05, 0.1) is 6.61 Å². The molecular formula is C18H30O2. The van der Waals surface area contributed by atoms with Gasteiger partial charge in [0.1, 0.15) is 5.75 Å². The van der Waals surface area contributed by atoms with Crippen LogP contribution in [0.1, 0.15) is 59.9 Å². The van der Waals surface area contributed by atoms with Crippen LogP contribution in [-0.4, -0.2) is 13.4 Å². The van der Waals surface area contributed by atoms with Crippen molar-refractivity contribution in [1.82, 2.24) is 0 Å². The summed E-state index contributed by atoms with van der Waals surface area (Å²) in [6.45, 7) is 16.5. The summed E-state index contributed by atoms with van der Waals surface area (Å²) < 4.78 is 11.1.